The molecule has 0 amide bonds. The van der Waals surface area contributed by atoms with Crippen LogP contribution in [0.25, 0.3) is 0 Å². The van der Waals surface area contributed by atoms with Crippen molar-refractivity contribution < 1.29 is 4.39 Å². The predicted octanol–water partition coefficient (Wildman–Crippen LogP) is 5.67. The van der Waals surface area contributed by atoms with Crippen molar-refractivity contribution in [2.75, 3.05) is 0 Å². The molecule has 4 aliphatic rings. The maximum absolute atomic E-state index is 16.3. The van der Waals surface area contributed by atoms with Crippen LogP contribution in [-0.4, -0.2) is 20.7 Å². The molecule has 4 aliphatic carbocycles. The van der Waals surface area contributed by atoms with E-state index >= 15 is 4.39 Å². The molecule has 4 saturated carbocycles. The fraction of sp³-hybridized carbons (Fsp3) is 0.913. The molecule has 1 heterocycles. The molecule has 0 radical (unpaired) electrons. The van der Waals surface area contributed by atoms with Crippen molar-refractivity contribution >= 4 is 0 Å². The monoisotopic (exact) mass is 373 g/mol. The molecular weight excluding hydrogens is 337 g/mol. The van der Waals surface area contributed by atoms with Crippen LogP contribution < -0.4 is 0 Å². The molecule has 4 fully saturated rings. The Hall–Kier alpha value is -0.930. The van der Waals surface area contributed by atoms with Gasteiger partial charge in [0.1, 0.15) is 5.67 Å². The Labute approximate surface area is 163 Å². The van der Waals surface area contributed by atoms with Gasteiger partial charge >= 0.3 is 0 Å². The molecule has 0 bridgehead atoms. The summed E-state index contributed by atoms with van der Waals surface area (Å²) >= 11 is 0. The van der Waals surface area contributed by atoms with Crippen LogP contribution in [0.15, 0.2) is 12.4 Å². The van der Waals surface area contributed by atoms with Crippen LogP contribution in [0.1, 0.15) is 78.1 Å². The molecule has 5 rings (SSSR count). The van der Waals surface area contributed by atoms with Crippen molar-refractivity contribution in [2.45, 2.75) is 90.3 Å². The molecule has 150 valence electrons. The summed E-state index contributed by atoms with van der Waals surface area (Å²) in [6.07, 6.45) is 15.5. The SMILES string of the molecule is C[C@H]1CC[C@]2(F)C3CC[C@@]4(C)C(CC[C@@H]4CCn4ccnn4)[C@@H]3CC[C@@H]2C1. The average Bonchev–Trinajstić information content (AvgIpc) is 3.28. The molecule has 3 nitrogen and oxygen atoms in total. The molecule has 0 spiro atoms. The van der Waals surface area contributed by atoms with Gasteiger partial charge in [-0.05, 0) is 105 Å². The third kappa shape index (κ3) is 2.80. The van der Waals surface area contributed by atoms with Crippen molar-refractivity contribution in [1.29, 1.82) is 0 Å². The third-order valence-corrected chi connectivity index (χ3v) is 9.66. The zero-order valence-corrected chi connectivity index (χ0v) is 17.1. The highest BCUT2D eigenvalue weighted by atomic mass is 19.1. The van der Waals surface area contributed by atoms with E-state index in [0.29, 0.717) is 23.2 Å². The summed E-state index contributed by atoms with van der Waals surface area (Å²) in [6.45, 7) is 5.86. The second kappa shape index (κ2) is 6.56. The molecule has 0 aliphatic heterocycles. The average molecular weight is 374 g/mol. The van der Waals surface area contributed by atoms with Gasteiger partial charge in [-0.25, -0.2) is 4.39 Å². The van der Waals surface area contributed by atoms with Crippen molar-refractivity contribution in [3.8, 4) is 0 Å². The number of fused-ring (bicyclic) bond motifs is 5. The second-order valence-corrected chi connectivity index (χ2v) is 10.7. The standard InChI is InChI=1S/C23H36FN3/c1-16-7-11-23(24)18(15-16)3-5-19-20-6-4-17(9-13-27-14-12-25-26-27)22(20,2)10-8-21(19)23/h12,14,16-21H,3-11,13,15H2,1-2H3/t16-,17+,18+,19-,20?,21?,22+,23+/m0/s1. The van der Waals surface area contributed by atoms with E-state index in [-0.39, 0.29) is 0 Å². The van der Waals surface area contributed by atoms with Crippen LogP contribution in [-0.2, 0) is 6.54 Å². The normalized spacial score (nSPS) is 49.3. The summed E-state index contributed by atoms with van der Waals surface area (Å²) in [5.74, 6) is 3.62. The first-order valence-electron chi connectivity index (χ1n) is 11.5. The van der Waals surface area contributed by atoms with E-state index < -0.39 is 5.67 Å². The lowest BCUT2D eigenvalue weighted by molar-refractivity contribution is -0.139. The lowest BCUT2D eigenvalue weighted by Crippen LogP contribution is -2.56. The fourth-order valence-electron chi connectivity index (χ4n) is 8.22. The number of alkyl halides is 1. The number of aromatic nitrogens is 3. The van der Waals surface area contributed by atoms with Gasteiger partial charge in [-0.1, -0.05) is 19.1 Å². The number of hydrogen-bond donors (Lipinski definition) is 0. The quantitative estimate of drug-likeness (QED) is 0.684. The summed E-state index contributed by atoms with van der Waals surface area (Å²) in [5, 5.41) is 8.09. The van der Waals surface area contributed by atoms with E-state index in [1.54, 1.807) is 6.20 Å². The van der Waals surface area contributed by atoms with E-state index in [1.165, 1.54) is 32.1 Å². The Morgan fingerprint density at radius 3 is 2.78 bits per heavy atom. The zero-order valence-electron chi connectivity index (χ0n) is 17.1. The van der Waals surface area contributed by atoms with E-state index in [4.69, 9.17) is 0 Å². The molecule has 8 atom stereocenters. The number of hydrogen-bond acceptors (Lipinski definition) is 2. The molecule has 0 N–H and O–H groups in total. The lowest BCUT2D eigenvalue weighted by atomic mass is 9.48. The molecular formula is C23H36FN3. The Morgan fingerprint density at radius 1 is 1.07 bits per heavy atom. The molecule has 0 saturated heterocycles. The highest BCUT2D eigenvalue weighted by Crippen LogP contribution is 2.66. The number of nitrogens with zero attached hydrogens (tertiary/aromatic N) is 3. The van der Waals surface area contributed by atoms with E-state index in [2.05, 4.69) is 24.2 Å². The van der Waals surface area contributed by atoms with Gasteiger partial charge in [-0.2, -0.15) is 0 Å². The smallest absolute Gasteiger partial charge is 0.117 e. The van der Waals surface area contributed by atoms with Gasteiger partial charge in [0.15, 0.2) is 0 Å². The first-order valence-corrected chi connectivity index (χ1v) is 11.5. The Kier molecular flexibility index (Phi) is 4.40. The van der Waals surface area contributed by atoms with Crippen LogP contribution in [0.5, 0.6) is 0 Å². The first-order chi connectivity index (χ1) is 13.0. The minimum absolute atomic E-state index is 0.357. The number of aryl methyl sites for hydroxylation is 1. The van der Waals surface area contributed by atoms with Crippen LogP contribution in [0.2, 0.25) is 0 Å². The van der Waals surface area contributed by atoms with Crippen LogP contribution in [0.3, 0.4) is 0 Å². The highest BCUT2D eigenvalue weighted by Gasteiger charge is 2.61. The molecule has 1 aromatic heterocycles. The topological polar surface area (TPSA) is 30.7 Å². The summed E-state index contributed by atoms with van der Waals surface area (Å²) in [6, 6.07) is 0. The lowest BCUT2D eigenvalue weighted by Gasteiger charge is -2.58. The summed E-state index contributed by atoms with van der Waals surface area (Å²) in [4.78, 5) is 0. The van der Waals surface area contributed by atoms with Gasteiger partial charge in [-0.3, -0.25) is 4.68 Å². The molecule has 2 unspecified atom stereocenters. The Bertz CT molecular complexity index is 661. The maximum atomic E-state index is 16.3. The largest absolute Gasteiger partial charge is 0.253 e. The Morgan fingerprint density at radius 2 is 1.96 bits per heavy atom. The van der Waals surface area contributed by atoms with Crippen molar-refractivity contribution in [3.63, 3.8) is 0 Å². The Balaban J connectivity index is 1.32. The summed E-state index contributed by atoms with van der Waals surface area (Å²) < 4.78 is 18.3. The van der Waals surface area contributed by atoms with E-state index in [9.17, 15) is 0 Å². The van der Waals surface area contributed by atoms with Gasteiger partial charge in [-0.15, -0.1) is 5.10 Å². The van der Waals surface area contributed by atoms with E-state index in [1.807, 2.05) is 10.9 Å². The minimum atomic E-state index is -0.838. The number of halogens is 1. The highest BCUT2D eigenvalue weighted by molar-refractivity contribution is 5.10. The van der Waals surface area contributed by atoms with E-state index in [0.717, 1.165) is 56.4 Å². The van der Waals surface area contributed by atoms with Crippen LogP contribution in [0.4, 0.5) is 4.39 Å². The predicted molar refractivity (Wildman–Crippen MR) is 105 cm³/mol. The summed E-state index contributed by atoms with van der Waals surface area (Å²) in [7, 11) is 0. The van der Waals surface area contributed by atoms with Crippen LogP contribution >= 0.6 is 0 Å². The zero-order chi connectivity index (χ0) is 18.6. The molecule has 0 aromatic carbocycles. The van der Waals surface area contributed by atoms with Crippen molar-refractivity contribution in [3.05, 3.63) is 12.4 Å². The molecule has 27 heavy (non-hydrogen) atoms. The van der Waals surface area contributed by atoms with Crippen molar-refractivity contribution in [2.24, 2.45) is 40.9 Å². The second-order valence-electron chi connectivity index (χ2n) is 10.7. The van der Waals surface area contributed by atoms with Gasteiger partial charge in [0.25, 0.3) is 0 Å². The number of rotatable bonds is 3. The third-order valence-electron chi connectivity index (χ3n) is 9.66. The maximum Gasteiger partial charge on any atom is 0.117 e. The molecule has 4 heteroatoms. The van der Waals surface area contributed by atoms with Crippen molar-refractivity contribution in [1.82, 2.24) is 15.0 Å². The van der Waals surface area contributed by atoms with Gasteiger partial charge in [0.05, 0.1) is 6.20 Å². The minimum Gasteiger partial charge on any atom is -0.253 e. The summed E-state index contributed by atoms with van der Waals surface area (Å²) in [5.41, 5.74) is -0.414. The fourth-order valence-corrected chi connectivity index (χ4v) is 8.22. The van der Waals surface area contributed by atoms with Gasteiger partial charge in [0.2, 0.25) is 0 Å². The van der Waals surface area contributed by atoms with Gasteiger partial charge in [0, 0.05) is 12.7 Å². The molecule has 1 aromatic rings. The van der Waals surface area contributed by atoms with Gasteiger partial charge < -0.3 is 0 Å². The van der Waals surface area contributed by atoms with Crippen LogP contribution in [0, 0.1) is 40.9 Å². The first kappa shape index (κ1) is 18.1.